The first-order valence-electron chi connectivity index (χ1n) is 5.48. The Balaban J connectivity index is 2.60. The number of hydrogen-bond acceptors (Lipinski definition) is 6. The highest BCUT2D eigenvalue weighted by molar-refractivity contribution is 7.87. The number of carbonyl (C=O) groups is 1. The molecule has 0 radical (unpaired) electrons. The number of alkyl halides is 3. The lowest BCUT2D eigenvalue weighted by Crippen LogP contribution is -2.28. The molecule has 0 saturated heterocycles. The number of carboxylic acid groups (broad SMARTS) is 1. The molecule has 2 aromatic rings. The van der Waals surface area contributed by atoms with Gasteiger partial charge in [-0.2, -0.15) is 35.8 Å². The van der Waals surface area contributed by atoms with Crippen molar-refractivity contribution in [3.05, 3.63) is 36.0 Å². The molecule has 0 aliphatic carbocycles. The maximum absolute atomic E-state index is 13.6. The summed E-state index contributed by atoms with van der Waals surface area (Å²) in [6.07, 6.45) is 1.01. The van der Waals surface area contributed by atoms with Gasteiger partial charge >= 0.3 is 21.6 Å². The molecule has 0 spiro atoms. The Morgan fingerprint density at radius 3 is 2.52 bits per heavy atom. The van der Waals surface area contributed by atoms with Crippen LogP contribution in [0, 0.1) is 5.95 Å². The molecule has 0 aliphatic heterocycles. The Bertz CT molecular complexity index is 862. The Morgan fingerprint density at radius 1 is 1.35 bits per heavy atom. The molecule has 2 aromatic heterocycles. The van der Waals surface area contributed by atoms with Gasteiger partial charge in [-0.05, 0) is 12.1 Å². The smallest absolute Gasteiger partial charge is 0.476 e. The second kappa shape index (κ2) is 5.49. The lowest BCUT2D eigenvalue weighted by atomic mass is 10.4. The van der Waals surface area contributed by atoms with E-state index in [1.165, 1.54) is 6.07 Å². The third-order valence-corrected chi connectivity index (χ3v) is 3.30. The van der Waals surface area contributed by atoms with Crippen molar-refractivity contribution in [1.29, 1.82) is 0 Å². The van der Waals surface area contributed by atoms with E-state index in [2.05, 4.69) is 14.3 Å². The molecule has 0 bridgehead atoms. The molecule has 23 heavy (non-hydrogen) atoms. The van der Waals surface area contributed by atoms with Gasteiger partial charge in [-0.15, -0.1) is 0 Å². The zero-order chi connectivity index (χ0) is 17.4. The van der Waals surface area contributed by atoms with E-state index in [0.717, 1.165) is 12.3 Å². The van der Waals surface area contributed by atoms with Crippen LogP contribution in [0.1, 0.15) is 10.5 Å². The Labute approximate surface area is 125 Å². The summed E-state index contributed by atoms with van der Waals surface area (Å²) in [4.78, 5) is 14.0. The van der Waals surface area contributed by atoms with Gasteiger partial charge in [0.1, 0.15) is 5.69 Å². The average molecular weight is 355 g/mol. The Kier molecular flexibility index (Phi) is 3.98. The first-order chi connectivity index (χ1) is 10.5. The number of pyridine rings is 1. The van der Waals surface area contributed by atoms with Gasteiger partial charge in [0.2, 0.25) is 11.8 Å². The van der Waals surface area contributed by atoms with E-state index in [9.17, 15) is 30.8 Å². The van der Waals surface area contributed by atoms with E-state index in [-0.39, 0.29) is 4.68 Å². The largest absolute Gasteiger partial charge is 0.534 e. The van der Waals surface area contributed by atoms with E-state index >= 15 is 0 Å². The van der Waals surface area contributed by atoms with E-state index in [4.69, 9.17) is 5.11 Å². The van der Waals surface area contributed by atoms with Crippen LogP contribution in [0.2, 0.25) is 0 Å². The molecule has 2 rings (SSSR count). The molecule has 1 N–H and O–H groups in total. The van der Waals surface area contributed by atoms with Gasteiger partial charge in [0, 0.05) is 12.3 Å². The molecule has 0 saturated carbocycles. The summed E-state index contributed by atoms with van der Waals surface area (Å²) < 4.78 is 76.8. The number of halogens is 4. The number of aromatic carboxylic acids is 1. The van der Waals surface area contributed by atoms with Gasteiger partial charge in [-0.1, -0.05) is 0 Å². The second-order valence-corrected chi connectivity index (χ2v) is 5.42. The first-order valence-corrected chi connectivity index (χ1v) is 6.89. The summed E-state index contributed by atoms with van der Waals surface area (Å²) in [5.74, 6) is -4.09. The quantitative estimate of drug-likeness (QED) is 0.381. The molecule has 0 atom stereocenters. The van der Waals surface area contributed by atoms with Crippen LogP contribution >= 0.6 is 0 Å². The minimum Gasteiger partial charge on any atom is -0.476 e. The zero-order valence-electron chi connectivity index (χ0n) is 10.7. The van der Waals surface area contributed by atoms with Crippen LogP contribution in [0.15, 0.2) is 24.4 Å². The molecule has 13 heteroatoms. The summed E-state index contributed by atoms with van der Waals surface area (Å²) >= 11 is 0. The Morgan fingerprint density at radius 2 is 2.00 bits per heavy atom. The van der Waals surface area contributed by atoms with Gasteiger partial charge in [-0.3, -0.25) is 0 Å². The summed E-state index contributed by atoms with van der Waals surface area (Å²) in [6.45, 7) is 0. The molecule has 124 valence electrons. The predicted octanol–water partition coefficient (Wildman–Crippen LogP) is 1.33. The van der Waals surface area contributed by atoms with Crippen LogP contribution < -0.4 is 4.18 Å². The zero-order valence-corrected chi connectivity index (χ0v) is 11.5. The van der Waals surface area contributed by atoms with Crippen LogP contribution in [0.4, 0.5) is 17.6 Å². The fourth-order valence-electron chi connectivity index (χ4n) is 1.40. The van der Waals surface area contributed by atoms with Crippen LogP contribution in [-0.4, -0.2) is 39.8 Å². The topological polar surface area (TPSA) is 111 Å². The van der Waals surface area contributed by atoms with Crippen LogP contribution in [0.3, 0.4) is 0 Å². The SMILES string of the molecule is O=C(O)c1cc(OS(=O)(=O)C(F)(F)F)n(-c2cccnc2F)n1. The third kappa shape index (κ3) is 3.23. The average Bonchev–Trinajstić information content (AvgIpc) is 2.81. The monoisotopic (exact) mass is 355 g/mol. The molecule has 0 aliphatic rings. The van der Waals surface area contributed by atoms with Crippen LogP contribution in [0.25, 0.3) is 5.69 Å². The van der Waals surface area contributed by atoms with E-state index in [1.807, 2.05) is 0 Å². The van der Waals surface area contributed by atoms with Crippen molar-refractivity contribution in [3.8, 4) is 11.6 Å². The number of carboxylic acids is 1. The fourth-order valence-corrected chi connectivity index (χ4v) is 1.83. The summed E-state index contributed by atoms with van der Waals surface area (Å²) in [6, 6.07) is 2.55. The summed E-state index contributed by atoms with van der Waals surface area (Å²) in [7, 11) is -6.10. The third-order valence-electron chi connectivity index (χ3n) is 2.34. The van der Waals surface area contributed by atoms with Gasteiger partial charge in [0.15, 0.2) is 5.69 Å². The molecule has 0 fully saturated rings. The lowest BCUT2D eigenvalue weighted by molar-refractivity contribution is -0.0502. The van der Waals surface area contributed by atoms with Gasteiger partial charge < -0.3 is 9.29 Å². The fraction of sp³-hybridized carbons (Fsp3) is 0.100. The van der Waals surface area contributed by atoms with Crippen molar-refractivity contribution in [2.45, 2.75) is 5.51 Å². The Hall–Kier alpha value is -2.70. The van der Waals surface area contributed by atoms with E-state index < -0.39 is 44.8 Å². The molecule has 0 amide bonds. The molecule has 8 nitrogen and oxygen atoms in total. The van der Waals surface area contributed by atoms with Crippen molar-refractivity contribution in [1.82, 2.24) is 14.8 Å². The minimum absolute atomic E-state index is 0.245. The van der Waals surface area contributed by atoms with Gasteiger partial charge in [0.25, 0.3) is 0 Å². The number of nitrogens with zero attached hydrogens (tertiary/aromatic N) is 3. The first kappa shape index (κ1) is 16.7. The molecular weight excluding hydrogens is 350 g/mol. The van der Waals surface area contributed by atoms with Crippen molar-refractivity contribution in [2.24, 2.45) is 0 Å². The summed E-state index contributed by atoms with van der Waals surface area (Å²) in [5, 5.41) is 12.1. The number of aromatic nitrogens is 3. The van der Waals surface area contributed by atoms with Crippen molar-refractivity contribution in [2.75, 3.05) is 0 Å². The van der Waals surface area contributed by atoms with E-state index in [0.29, 0.717) is 6.07 Å². The lowest BCUT2D eigenvalue weighted by Gasteiger charge is -2.10. The normalized spacial score (nSPS) is 12.2. The van der Waals surface area contributed by atoms with Crippen LogP contribution in [-0.2, 0) is 10.1 Å². The summed E-state index contributed by atoms with van der Waals surface area (Å²) in [5.41, 5.74) is -7.23. The van der Waals surface area contributed by atoms with Gasteiger partial charge in [-0.25, -0.2) is 9.78 Å². The maximum Gasteiger partial charge on any atom is 0.534 e. The second-order valence-electron chi connectivity index (χ2n) is 3.88. The molecule has 0 aromatic carbocycles. The van der Waals surface area contributed by atoms with Gasteiger partial charge in [0.05, 0.1) is 0 Å². The van der Waals surface area contributed by atoms with Crippen molar-refractivity contribution >= 4 is 16.1 Å². The number of hydrogen-bond donors (Lipinski definition) is 1. The van der Waals surface area contributed by atoms with E-state index in [1.54, 1.807) is 0 Å². The highest BCUT2D eigenvalue weighted by Gasteiger charge is 2.49. The molecular formula is C10H5F4N3O5S. The highest BCUT2D eigenvalue weighted by Crippen LogP contribution is 2.29. The van der Waals surface area contributed by atoms with Crippen molar-refractivity contribution in [3.63, 3.8) is 0 Å². The number of rotatable bonds is 4. The molecule has 2 heterocycles. The highest BCUT2D eigenvalue weighted by atomic mass is 32.2. The standard InChI is InChI=1S/C10H5F4N3O5S/c11-8-6(2-1-3-15-8)17-7(4-5(16-17)9(18)19)22-23(20,21)10(12,13)14/h1-4H,(H,18,19). The minimum atomic E-state index is -6.10. The predicted molar refractivity (Wildman–Crippen MR) is 63.9 cm³/mol. The maximum atomic E-state index is 13.6. The van der Waals surface area contributed by atoms with Crippen LogP contribution in [0.5, 0.6) is 5.88 Å². The molecule has 0 unspecified atom stereocenters. The van der Waals surface area contributed by atoms with Crippen molar-refractivity contribution < 1.29 is 40.1 Å².